The highest BCUT2D eigenvalue weighted by molar-refractivity contribution is 7.14. The van der Waals surface area contributed by atoms with E-state index in [-0.39, 0.29) is 17.4 Å². The summed E-state index contributed by atoms with van der Waals surface area (Å²) in [6.07, 6.45) is 6.14. The number of thiophene rings is 1. The number of hydrazone groups is 1. The minimum Gasteiger partial charge on any atom is -0.493 e. The Labute approximate surface area is 183 Å². The quantitative estimate of drug-likeness (QED) is 0.266. The van der Waals surface area contributed by atoms with E-state index in [2.05, 4.69) is 17.5 Å². The molecule has 8 heteroatoms. The van der Waals surface area contributed by atoms with E-state index in [1.54, 1.807) is 35.6 Å². The van der Waals surface area contributed by atoms with E-state index in [9.17, 15) is 9.59 Å². The van der Waals surface area contributed by atoms with Gasteiger partial charge in [0, 0.05) is 4.88 Å². The molecule has 1 aliphatic rings. The van der Waals surface area contributed by atoms with Crippen LogP contribution in [-0.4, -0.2) is 25.2 Å². The molecule has 0 fully saturated rings. The first-order valence-corrected chi connectivity index (χ1v) is 10.7. The number of rotatable bonds is 6. The highest BCUT2D eigenvalue weighted by atomic mass is 32.1. The summed E-state index contributed by atoms with van der Waals surface area (Å²) in [5, 5.41) is 4.05. The number of benzene rings is 1. The molecule has 0 saturated heterocycles. The zero-order valence-corrected chi connectivity index (χ0v) is 18.0. The molecule has 0 aliphatic heterocycles. The van der Waals surface area contributed by atoms with Crippen molar-refractivity contribution in [1.82, 2.24) is 5.43 Å². The Morgan fingerprint density at radius 1 is 1.26 bits per heavy atom. The highest BCUT2D eigenvalue weighted by Crippen LogP contribution is 2.32. The second-order valence-corrected chi connectivity index (χ2v) is 8.52. The fourth-order valence-corrected chi connectivity index (χ4v) is 4.53. The minimum atomic E-state index is -0.620. The van der Waals surface area contributed by atoms with E-state index in [0.717, 1.165) is 12.8 Å². The van der Waals surface area contributed by atoms with Crippen molar-refractivity contribution in [2.45, 2.75) is 26.2 Å². The second kappa shape index (κ2) is 9.18. The van der Waals surface area contributed by atoms with Crippen molar-refractivity contribution in [3.8, 4) is 11.5 Å². The smallest absolute Gasteiger partial charge is 0.379 e. The Morgan fingerprint density at radius 2 is 2.13 bits per heavy atom. The molecule has 1 N–H and O–H groups in total. The van der Waals surface area contributed by atoms with E-state index in [1.807, 2.05) is 6.07 Å². The zero-order chi connectivity index (χ0) is 21.8. The van der Waals surface area contributed by atoms with Crippen LogP contribution in [0.4, 0.5) is 0 Å². The molecule has 1 amide bonds. The summed E-state index contributed by atoms with van der Waals surface area (Å²) in [7, 11) is 1.47. The van der Waals surface area contributed by atoms with Gasteiger partial charge in [-0.05, 0) is 72.7 Å². The van der Waals surface area contributed by atoms with Crippen LogP contribution in [-0.2, 0) is 12.8 Å². The molecule has 0 radical (unpaired) electrons. The molecule has 2 aromatic heterocycles. The van der Waals surface area contributed by atoms with Crippen LogP contribution in [0.5, 0.6) is 11.5 Å². The molecule has 31 heavy (non-hydrogen) atoms. The lowest BCUT2D eigenvalue weighted by Gasteiger charge is -2.16. The van der Waals surface area contributed by atoms with Gasteiger partial charge in [-0.25, -0.2) is 10.2 Å². The molecule has 1 atom stereocenters. The van der Waals surface area contributed by atoms with Gasteiger partial charge in [-0.1, -0.05) is 6.92 Å². The van der Waals surface area contributed by atoms with Gasteiger partial charge in [0.05, 0.1) is 24.5 Å². The number of nitrogens with one attached hydrogen (secondary N) is 1. The molecule has 0 spiro atoms. The maximum atomic E-state index is 12.4. The van der Waals surface area contributed by atoms with Gasteiger partial charge in [0.1, 0.15) is 0 Å². The van der Waals surface area contributed by atoms with Crippen LogP contribution in [0.1, 0.15) is 49.6 Å². The number of esters is 1. The van der Waals surface area contributed by atoms with E-state index < -0.39 is 5.97 Å². The van der Waals surface area contributed by atoms with E-state index >= 15 is 0 Å². The number of furan rings is 1. The van der Waals surface area contributed by atoms with Crippen molar-refractivity contribution >= 4 is 29.4 Å². The minimum absolute atomic E-state index is 0.0973. The fourth-order valence-electron chi connectivity index (χ4n) is 3.43. The highest BCUT2D eigenvalue weighted by Gasteiger charge is 2.20. The standard InChI is InChI=1S/C23H22N2O5S/c1-14-5-8-20-16(10-14)12-21(31-20)22(26)25-24-13-15-6-7-17(19(11-15)28-2)30-23(27)18-4-3-9-29-18/h3-4,6-7,9,11-14H,5,8,10H2,1-2H3,(H,25,26)/b24-13+. The van der Waals surface area contributed by atoms with Gasteiger partial charge in [-0.2, -0.15) is 5.10 Å². The fraction of sp³-hybridized carbons (Fsp3) is 0.261. The average Bonchev–Trinajstić information content (AvgIpc) is 3.44. The summed E-state index contributed by atoms with van der Waals surface area (Å²) < 4.78 is 15.6. The van der Waals surface area contributed by atoms with Gasteiger partial charge in [-0.3, -0.25) is 4.79 Å². The lowest BCUT2D eigenvalue weighted by Crippen LogP contribution is -2.16. The molecule has 3 aromatic rings. The number of hydrogen-bond acceptors (Lipinski definition) is 7. The third-order valence-electron chi connectivity index (χ3n) is 5.05. The number of nitrogens with zero attached hydrogens (tertiary/aromatic N) is 1. The first-order valence-electron chi connectivity index (χ1n) is 9.92. The van der Waals surface area contributed by atoms with Crippen LogP contribution >= 0.6 is 11.3 Å². The summed E-state index contributed by atoms with van der Waals surface area (Å²) in [5.41, 5.74) is 4.53. The number of amides is 1. The maximum Gasteiger partial charge on any atom is 0.379 e. The van der Waals surface area contributed by atoms with Crippen LogP contribution in [0.25, 0.3) is 0 Å². The predicted molar refractivity (Wildman–Crippen MR) is 117 cm³/mol. The molecule has 2 heterocycles. The van der Waals surface area contributed by atoms with Crippen molar-refractivity contribution < 1.29 is 23.5 Å². The number of carbonyl (C=O) groups is 2. The predicted octanol–water partition coefficient (Wildman–Crippen LogP) is 4.46. The Hall–Kier alpha value is -3.39. The summed E-state index contributed by atoms with van der Waals surface area (Å²) >= 11 is 1.54. The van der Waals surface area contributed by atoms with Crippen molar-refractivity contribution in [2.75, 3.05) is 7.11 Å². The lowest BCUT2D eigenvalue weighted by atomic mass is 9.90. The average molecular weight is 439 g/mol. The van der Waals surface area contributed by atoms with Crippen LogP contribution in [0, 0.1) is 5.92 Å². The van der Waals surface area contributed by atoms with Gasteiger partial charge in [0.25, 0.3) is 5.91 Å². The SMILES string of the molecule is COc1cc(/C=N/NC(=O)c2cc3c(s2)CCC(C)C3)ccc1OC(=O)c1ccco1. The monoisotopic (exact) mass is 438 g/mol. The molecule has 7 nitrogen and oxygen atoms in total. The first kappa shape index (κ1) is 20.9. The van der Waals surface area contributed by atoms with Gasteiger partial charge < -0.3 is 13.9 Å². The number of hydrogen-bond donors (Lipinski definition) is 1. The first-order chi connectivity index (χ1) is 15.0. The Morgan fingerprint density at radius 3 is 2.90 bits per heavy atom. The largest absolute Gasteiger partial charge is 0.493 e. The number of ether oxygens (including phenoxy) is 2. The van der Waals surface area contributed by atoms with Crippen molar-refractivity contribution in [3.63, 3.8) is 0 Å². The molecule has 0 bridgehead atoms. The zero-order valence-electron chi connectivity index (χ0n) is 17.2. The molecular formula is C23H22N2O5S. The lowest BCUT2D eigenvalue weighted by molar-refractivity contribution is 0.0696. The third kappa shape index (κ3) is 4.86. The number of fused-ring (bicyclic) bond motifs is 1. The van der Waals surface area contributed by atoms with Crippen LogP contribution in [0.15, 0.2) is 52.2 Å². The molecule has 1 aromatic carbocycles. The third-order valence-corrected chi connectivity index (χ3v) is 6.28. The van der Waals surface area contributed by atoms with Gasteiger partial charge >= 0.3 is 5.97 Å². The van der Waals surface area contributed by atoms with Gasteiger partial charge in [0.15, 0.2) is 11.5 Å². The summed E-state index contributed by atoms with van der Waals surface area (Å²) in [4.78, 5) is 26.5. The van der Waals surface area contributed by atoms with Gasteiger partial charge in [0.2, 0.25) is 5.76 Å². The summed E-state index contributed by atoms with van der Waals surface area (Å²) in [5.74, 6) is 0.524. The van der Waals surface area contributed by atoms with Crippen molar-refractivity contribution in [1.29, 1.82) is 0 Å². The van der Waals surface area contributed by atoms with Crippen LogP contribution in [0.2, 0.25) is 0 Å². The van der Waals surface area contributed by atoms with Crippen LogP contribution < -0.4 is 14.9 Å². The summed E-state index contributed by atoms with van der Waals surface area (Å²) in [6, 6.07) is 10.1. The van der Waals surface area contributed by atoms with E-state index in [0.29, 0.717) is 22.1 Å². The number of methoxy groups -OCH3 is 1. The van der Waals surface area contributed by atoms with Crippen molar-refractivity contribution in [2.24, 2.45) is 11.0 Å². The molecule has 4 rings (SSSR count). The van der Waals surface area contributed by atoms with Crippen LogP contribution in [0.3, 0.4) is 0 Å². The number of aryl methyl sites for hydroxylation is 1. The molecule has 1 aliphatic carbocycles. The Kier molecular flexibility index (Phi) is 6.18. The Bertz CT molecular complexity index is 1120. The Balaban J connectivity index is 1.39. The molecule has 1 unspecified atom stereocenters. The maximum absolute atomic E-state index is 12.4. The number of carbonyl (C=O) groups excluding carboxylic acids is 2. The molecular weight excluding hydrogens is 416 g/mol. The normalized spacial score (nSPS) is 15.5. The van der Waals surface area contributed by atoms with Crippen molar-refractivity contribution in [3.05, 3.63) is 69.3 Å². The van der Waals surface area contributed by atoms with E-state index in [4.69, 9.17) is 13.9 Å². The topological polar surface area (TPSA) is 90.1 Å². The van der Waals surface area contributed by atoms with E-state index in [1.165, 1.54) is 42.5 Å². The molecule has 0 saturated carbocycles. The summed E-state index contributed by atoms with van der Waals surface area (Å²) in [6.45, 7) is 2.24. The molecule has 160 valence electrons. The second-order valence-electron chi connectivity index (χ2n) is 7.38. The van der Waals surface area contributed by atoms with Gasteiger partial charge in [-0.15, -0.1) is 11.3 Å².